The summed E-state index contributed by atoms with van der Waals surface area (Å²) in [5, 5.41) is 6.73. The molecule has 29 heavy (non-hydrogen) atoms. The van der Waals surface area contributed by atoms with Gasteiger partial charge < -0.3 is 15.5 Å². The Bertz CT molecular complexity index is 850. The highest BCUT2D eigenvalue weighted by atomic mass is 127. The lowest BCUT2D eigenvalue weighted by Gasteiger charge is -2.29. The van der Waals surface area contributed by atoms with Crippen LogP contribution in [0.4, 0.5) is 0 Å². The summed E-state index contributed by atoms with van der Waals surface area (Å²) < 4.78 is 0. The first-order chi connectivity index (χ1) is 13.6. The van der Waals surface area contributed by atoms with Gasteiger partial charge in [-0.2, -0.15) is 0 Å². The minimum Gasteiger partial charge on any atom is -0.357 e. The van der Waals surface area contributed by atoms with Crippen LogP contribution in [0.3, 0.4) is 0 Å². The van der Waals surface area contributed by atoms with E-state index in [0.29, 0.717) is 5.92 Å². The number of nitrogens with zero attached hydrogens (tertiary/aromatic N) is 2. The van der Waals surface area contributed by atoms with Gasteiger partial charge in [0.1, 0.15) is 0 Å². The molecule has 1 atom stereocenters. The number of halogens is 1. The Morgan fingerprint density at radius 2 is 1.93 bits per heavy atom. The molecule has 2 N–H and O–H groups in total. The molecular formula is C23H31IN4O. The number of carbonyl (C=O) groups is 1. The van der Waals surface area contributed by atoms with Crippen LogP contribution in [-0.2, 0) is 12.8 Å². The van der Waals surface area contributed by atoms with E-state index in [9.17, 15) is 4.79 Å². The molecule has 0 aliphatic heterocycles. The Balaban J connectivity index is 0.00000300. The number of hydrogen-bond acceptors (Lipinski definition) is 2. The predicted octanol–water partition coefficient (Wildman–Crippen LogP) is 3.44. The molecule has 1 unspecified atom stereocenters. The topological polar surface area (TPSA) is 56.7 Å². The molecule has 0 saturated carbocycles. The summed E-state index contributed by atoms with van der Waals surface area (Å²) >= 11 is 0. The van der Waals surface area contributed by atoms with Crippen LogP contribution in [0.15, 0.2) is 53.5 Å². The molecular weight excluding hydrogens is 475 g/mol. The van der Waals surface area contributed by atoms with E-state index in [-0.39, 0.29) is 29.9 Å². The van der Waals surface area contributed by atoms with Crippen LogP contribution in [0, 0.1) is 0 Å². The van der Waals surface area contributed by atoms with Crippen LogP contribution < -0.4 is 10.6 Å². The Kier molecular flexibility index (Phi) is 8.95. The van der Waals surface area contributed by atoms with Gasteiger partial charge in [0.2, 0.25) is 0 Å². The maximum Gasteiger partial charge on any atom is 0.253 e. The molecule has 0 radical (unpaired) electrons. The Morgan fingerprint density at radius 1 is 1.14 bits per heavy atom. The molecule has 156 valence electrons. The molecule has 0 bridgehead atoms. The van der Waals surface area contributed by atoms with E-state index < -0.39 is 0 Å². The second kappa shape index (κ2) is 11.2. The third-order valence-corrected chi connectivity index (χ3v) is 5.06. The van der Waals surface area contributed by atoms with E-state index in [0.717, 1.165) is 49.6 Å². The summed E-state index contributed by atoms with van der Waals surface area (Å²) in [6.07, 6.45) is 1.96. The molecule has 0 saturated heterocycles. The van der Waals surface area contributed by atoms with Gasteiger partial charge >= 0.3 is 0 Å². The molecule has 0 aromatic heterocycles. The third kappa shape index (κ3) is 6.19. The maximum absolute atomic E-state index is 12.1. The van der Waals surface area contributed by atoms with Crippen LogP contribution >= 0.6 is 24.0 Å². The number of fused-ring (bicyclic) bond motifs is 1. The number of amides is 1. The van der Waals surface area contributed by atoms with Crippen molar-refractivity contribution in [2.75, 3.05) is 33.7 Å². The standard InChI is InChI=1S/C23H30N4O.HI/c1-4-24-23(26-16-20-15-18-9-5-6-11-21(18)20)25-13-12-17-8-7-10-19(14-17)22(28)27(2)3;/h5-11,14,20H,4,12-13,15-16H2,1-3H3,(H2,24,25,26);1H. The summed E-state index contributed by atoms with van der Waals surface area (Å²) in [4.78, 5) is 18.5. The van der Waals surface area contributed by atoms with Gasteiger partial charge in [-0.15, -0.1) is 24.0 Å². The second-order valence-electron chi connectivity index (χ2n) is 7.40. The monoisotopic (exact) mass is 506 g/mol. The fraction of sp³-hybridized carbons (Fsp3) is 0.391. The number of rotatable bonds is 7. The van der Waals surface area contributed by atoms with Crippen molar-refractivity contribution in [2.45, 2.75) is 25.7 Å². The van der Waals surface area contributed by atoms with E-state index in [4.69, 9.17) is 4.99 Å². The van der Waals surface area contributed by atoms with Crippen LogP contribution in [0.1, 0.15) is 39.9 Å². The van der Waals surface area contributed by atoms with Gasteiger partial charge in [0, 0.05) is 45.2 Å². The van der Waals surface area contributed by atoms with E-state index in [1.165, 1.54) is 11.1 Å². The first-order valence-electron chi connectivity index (χ1n) is 9.99. The number of benzene rings is 2. The number of carbonyl (C=O) groups excluding carboxylic acids is 1. The highest BCUT2D eigenvalue weighted by Gasteiger charge is 2.24. The predicted molar refractivity (Wildman–Crippen MR) is 130 cm³/mol. The molecule has 2 aromatic rings. The number of guanidine groups is 1. The summed E-state index contributed by atoms with van der Waals surface area (Å²) in [6.45, 7) is 4.48. The van der Waals surface area contributed by atoms with Gasteiger partial charge in [-0.05, 0) is 48.6 Å². The zero-order valence-electron chi connectivity index (χ0n) is 17.4. The average Bonchev–Trinajstić information content (AvgIpc) is 2.68. The fourth-order valence-corrected chi connectivity index (χ4v) is 3.51. The summed E-state index contributed by atoms with van der Waals surface area (Å²) in [5.41, 5.74) is 4.76. The highest BCUT2D eigenvalue weighted by molar-refractivity contribution is 14.0. The number of aliphatic imine (C=N–C) groups is 1. The van der Waals surface area contributed by atoms with Crippen molar-refractivity contribution in [3.63, 3.8) is 0 Å². The van der Waals surface area contributed by atoms with Gasteiger partial charge in [0.25, 0.3) is 5.91 Å². The largest absolute Gasteiger partial charge is 0.357 e. The zero-order valence-corrected chi connectivity index (χ0v) is 19.8. The van der Waals surface area contributed by atoms with Gasteiger partial charge in [-0.25, -0.2) is 0 Å². The lowest BCUT2D eigenvalue weighted by molar-refractivity contribution is 0.0827. The normalized spacial score (nSPS) is 14.9. The summed E-state index contributed by atoms with van der Waals surface area (Å²) in [7, 11) is 3.55. The summed E-state index contributed by atoms with van der Waals surface area (Å²) in [6, 6.07) is 16.5. The SMILES string of the molecule is CCNC(=NCC1Cc2ccccc21)NCCc1cccc(C(=O)N(C)C)c1.I. The minimum absolute atomic E-state index is 0. The molecule has 3 rings (SSSR count). The van der Waals surface area contributed by atoms with Crippen molar-refractivity contribution in [1.82, 2.24) is 15.5 Å². The quantitative estimate of drug-likeness (QED) is 0.344. The van der Waals surface area contributed by atoms with Crippen LogP contribution in [0.25, 0.3) is 0 Å². The van der Waals surface area contributed by atoms with Crippen molar-refractivity contribution in [2.24, 2.45) is 4.99 Å². The third-order valence-electron chi connectivity index (χ3n) is 5.06. The van der Waals surface area contributed by atoms with Crippen molar-refractivity contribution < 1.29 is 4.79 Å². The van der Waals surface area contributed by atoms with E-state index in [2.05, 4.69) is 47.9 Å². The first-order valence-corrected chi connectivity index (χ1v) is 9.99. The van der Waals surface area contributed by atoms with Crippen molar-refractivity contribution in [1.29, 1.82) is 0 Å². The van der Waals surface area contributed by atoms with Crippen molar-refractivity contribution >= 4 is 35.8 Å². The molecule has 1 aliphatic carbocycles. The van der Waals surface area contributed by atoms with Crippen LogP contribution in [-0.4, -0.2) is 50.5 Å². The maximum atomic E-state index is 12.1. The zero-order chi connectivity index (χ0) is 19.9. The second-order valence-corrected chi connectivity index (χ2v) is 7.40. The number of hydrogen-bond donors (Lipinski definition) is 2. The molecule has 1 aliphatic rings. The van der Waals surface area contributed by atoms with Crippen LogP contribution in [0.2, 0.25) is 0 Å². The van der Waals surface area contributed by atoms with E-state index >= 15 is 0 Å². The van der Waals surface area contributed by atoms with Crippen LogP contribution in [0.5, 0.6) is 0 Å². The minimum atomic E-state index is 0. The van der Waals surface area contributed by atoms with Crippen molar-refractivity contribution in [3.8, 4) is 0 Å². The lowest BCUT2D eigenvalue weighted by atomic mass is 9.78. The van der Waals surface area contributed by atoms with Gasteiger partial charge in [-0.1, -0.05) is 36.4 Å². The summed E-state index contributed by atoms with van der Waals surface area (Å²) in [5.74, 6) is 1.42. The van der Waals surface area contributed by atoms with Gasteiger partial charge in [0.15, 0.2) is 5.96 Å². The molecule has 5 nitrogen and oxygen atoms in total. The van der Waals surface area contributed by atoms with E-state index in [1.54, 1.807) is 19.0 Å². The molecule has 0 fully saturated rings. The molecule has 1 amide bonds. The first kappa shape index (κ1) is 23.2. The van der Waals surface area contributed by atoms with E-state index in [1.807, 2.05) is 18.2 Å². The molecule has 0 heterocycles. The highest BCUT2D eigenvalue weighted by Crippen LogP contribution is 2.34. The molecule has 2 aromatic carbocycles. The fourth-order valence-electron chi connectivity index (χ4n) is 3.51. The number of nitrogens with one attached hydrogen (secondary N) is 2. The molecule has 0 spiro atoms. The lowest BCUT2D eigenvalue weighted by Crippen LogP contribution is -2.39. The van der Waals surface area contributed by atoms with Gasteiger partial charge in [0.05, 0.1) is 0 Å². The Morgan fingerprint density at radius 3 is 2.66 bits per heavy atom. The Hall–Kier alpha value is -2.09. The van der Waals surface area contributed by atoms with Crippen molar-refractivity contribution in [3.05, 3.63) is 70.8 Å². The molecule has 6 heteroatoms. The average molecular weight is 506 g/mol. The smallest absolute Gasteiger partial charge is 0.253 e. The van der Waals surface area contributed by atoms with Gasteiger partial charge in [-0.3, -0.25) is 9.79 Å². The Labute approximate surface area is 191 Å².